The maximum atomic E-state index is 12.8. The Morgan fingerprint density at radius 2 is 1.05 bits per heavy atom. The molecule has 13 nitrogen and oxygen atoms in total. The number of benzene rings is 3. The second-order valence-corrected chi connectivity index (χ2v) is 19.9. The Kier molecular flexibility index (Phi) is 42.5. The number of piperazine rings is 2. The minimum Gasteiger partial charge on any atom is -1.00 e. The Hall–Kier alpha value is -2.06. The van der Waals surface area contributed by atoms with Crippen molar-refractivity contribution in [3.05, 3.63) is 114 Å². The average Bonchev–Trinajstić information content (AvgIpc) is 3.29. The summed E-state index contributed by atoms with van der Waals surface area (Å²) in [4.78, 5) is 38.9. The van der Waals surface area contributed by atoms with Gasteiger partial charge in [-0.2, -0.15) is 21.6 Å². The Morgan fingerprint density at radius 3 is 1.40 bits per heavy atom. The van der Waals surface area contributed by atoms with Gasteiger partial charge in [-0.1, -0.05) is 50.2 Å². The number of rotatable bonds is 6. The van der Waals surface area contributed by atoms with Gasteiger partial charge in [0.1, 0.15) is 17.5 Å². The van der Waals surface area contributed by atoms with Gasteiger partial charge in [0, 0.05) is 89.4 Å². The summed E-state index contributed by atoms with van der Waals surface area (Å²) in [6, 6.07) is 20.0. The smallest absolute Gasteiger partial charge is 1.00 e. The normalized spacial score (nSPS) is 17.8. The van der Waals surface area contributed by atoms with Gasteiger partial charge >= 0.3 is 68.2 Å². The van der Waals surface area contributed by atoms with Gasteiger partial charge < -0.3 is 52.0 Å². The minimum atomic E-state index is -5.84. The summed E-state index contributed by atoms with van der Waals surface area (Å²) in [6.45, 7) is 19.7. The van der Waals surface area contributed by atoms with Crippen LogP contribution in [0.3, 0.4) is 0 Å². The number of nitrogens with zero attached hydrogens (tertiary/aromatic N) is 3. The van der Waals surface area contributed by atoms with Gasteiger partial charge in [0.25, 0.3) is 0 Å². The van der Waals surface area contributed by atoms with Crippen LogP contribution in [-0.4, -0.2) is 144 Å². The number of amides is 3. The number of carbonyl (C=O) groups excluding carboxylic acids is 3. The average molecular weight is 1200 g/mol. The van der Waals surface area contributed by atoms with E-state index in [9.17, 15) is 40.7 Å². The van der Waals surface area contributed by atoms with E-state index in [0.717, 1.165) is 103 Å². The number of halogens is 8. The van der Waals surface area contributed by atoms with Crippen LogP contribution in [-0.2, 0) is 44.1 Å². The number of alkyl halides is 3. The molecular weight excluding hydrogens is 1120 g/mol. The summed E-state index contributed by atoms with van der Waals surface area (Å²) >= 11 is 0. The van der Waals surface area contributed by atoms with Crippen molar-refractivity contribution < 1.29 is 102 Å². The fourth-order valence-corrected chi connectivity index (χ4v) is 7.67. The Bertz CT molecular complexity index is 2040. The van der Waals surface area contributed by atoms with Gasteiger partial charge in [-0.15, -0.1) is 12.4 Å². The molecule has 420 valence electrons. The third-order valence-corrected chi connectivity index (χ3v) is 12.5. The molecular formula is C51H80BrClF6MgN7NaO6S. The molecule has 0 spiro atoms. The fraction of sp³-hybridized carbons (Fsp3) is 0.569. The molecule has 0 unspecified atom stereocenters. The molecule has 5 heterocycles. The first-order valence-electron chi connectivity index (χ1n) is 23.4. The molecule has 24 heteroatoms. The molecule has 5 fully saturated rings. The van der Waals surface area contributed by atoms with Crippen LogP contribution in [0.25, 0.3) is 0 Å². The summed E-state index contributed by atoms with van der Waals surface area (Å²) in [6.07, 6.45) is 9.57. The molecule has 5 saturated heterocycles. The monoisotopic (exact) mass is 1190 g/mol. The van der Waals surface area contributed by atoms with E-state index in [0.29, 0.717) is 19.5 Å². The first kappa shape index (κ1) is 79.4. The SMILES string of the molecule is C.CC1(C)CCCCN1Cc1ccc(F)cc1.CC1(C)CNCCN1Cc1ccc(F)cc1.Cl.O=C1CCCCN1.O=C1CCCCN1Cc1ccc(F)cc1.O=C1CNCCN1.O=S(=O)(O)C(F)(F)F.[Br-].[CH3-].[H-].[Mg+2].[Na+]. The van der Waals surface area contributed by atoms with Gasteiger partial charge in [-0.3, -0.25) is 28.7 Å². The molecule has 3 aromatic rings. The zero-order valence-electron chi connectivity index (χ0n) is 44.8. The van der Waals surface area contributed by atoms with Crippen LogP contribution in [0.1, 0.15) is 111 Å². The second kappa shape index (κ2) is 40.2. The van der Waals surface area contributed by atoms with Crippen molar-refractivity contribution in [3.8, 4) is 0 Å². The van der Waals surface area contributed by atoms with Gasteiger partial charge in [0.05, 0.1) is 6.54 Å². The first-order chi connectivity index (χ1) is 32.4. The standard InChI is InChI=1S/C14H20FN.C13H19FN2.C12H14FNO.C5H9NO.C4H8N2O.CHF3O3S.CH4.CH3.BrH.ClH.Mg.Na.H/c1-14(2)9-3-4-10-16(14)11-12-5-7-13(15)8-6-12;1-13(2)10-15-7-8-16(13)9-11-3-5-12(14)6-4-11;13-11-6-4-10(5-7-11)9-14-8-2-1-3-12(14)15;7-5-3-1-2-4-6-5;7-4-3-5-1-2-6-4;2-1(3,4)8(5,6)7;;;;;;;/h5-8H,3-4,9-11H2,1-2H3;3-6,15H,7-10H2,1-2H3;4-7H,1-3,8-9H2;1-4H2,(H,6,7);5H,1-3H2,(H,6,7);(H,5,6,7);1H4;1H3;2*1H;;;/q;;;;;;;-1;;;+2;+1;-1/p-1. The molecule has 0 saturated carbocycles. The van der Waals surface area contributed by atoms with E-state index in [1.54, 1.807) is 24.3 Å². The number of hydrogen-bond acceptors (Lipinski definition) is 9. The number of nitrogens with one attached hydrogen (secondary N) is 4. The predicted molar refractivity (Wildman–Crippen MR) is 282 cm³/mol. The van der Waals surface area contributed by atoms with Crippen molar-refractivity contribution in [2.45, 2.75) is 129 Å². The maximum absolute atomic E-state index is 12.8. The van der Waals surface area contributed by atoms with Crippen LogP contribution >= 0.6 is 12.4 Å². The molecule has 0 atom stereocenters. The van der Waals surface area contributed by atoms with Crippen LogP contribution in [0.15, 0.2) is 72.8 Å². The van der Waals surface area contributed by atoms with E-state index in [1.807, 2.05) is 29.2 Å². The summed E-state index contributed by atoms with van der Waals surface area (Å²) < 4.78 is 95.8. The number of carbonyl (C=O) groups is 3. The maximum Gasteiger partial charge on any atom is 2.00 e. The Morgan fingerprint density at radius 1 is 0.613 bits per heavy atom. The van der Waals surface area contributed by atoms with Crippen LogP contribution in [0.5, 0.6) is 0 Å². The molecule has 5 aliphatic heterocycles. The van der Waals surface area contributed by atoms with Gasteiger partial charge in [0.2, 0.25) is 17.7 Å². The van der Waals surface area contributed by atoms with Crippen molar-refractivity contribution in [1.29, 1.82) is 0 Å². The summed E-state index contributed by atoms with van der Waals surface area (Å²) in [5.41, 5.74) is -1.70. The van der Waals surface area contributed by atoms with Crippen molar-refractivity contribution in [2.75, 3.05) is 58.9 Å². The van der Waals surface area contributed by atoms with E-state index in [1.165, 1.54) is 54.7 Å². The van der Waals surface area contributed by atoms with E-state index < -0.39 is 15.6 Å². The molecule has 0 aliphatic carbocycles. The zero-order chi connectivity index (χ0) is 51.1. The van der Waals surface area contributed by atoms with Crippen LogP contribution < -0.4 is 67.8 Å². The summed E-state index contributed by atoms with van der Waals surface area (Å²) in [5.74, 6) is -0.0169. The summed E-state index contributed by atoms with van der Waals surface area (Å²) in [5, 5.41) is 11.7. The molecule has 5 N–H and O–H groups in total. The van der Waals surface area contributed by atoms with E-state index >= 15 is 0 Å². The number of piperidine rings is 3. The molecule has 0 bridgehead atoms. The molecule has 3 amide bonds. The van der Waals surface area contributed by atoms with Crippen molar-refractivity contribution in [1.82, 2.24) is 36.0 Å². The molecule has 0 aromatic heterocycles. The quantitative estimate of drug-likeness (QED) is 0.0817. The van der Waals surface area contributed by atoms with Crippen LogP contribution in [0, 0.1) is 24.9 Å². The van der Waals surface area contributed by atoms with Crippen molar-refractivity contribution in [3.63, 3.8) is 0 Å². The summed E-state index contributed by atoms with van der Waals surface area (Å²) in [7, 11) is -5.84. The molecule has 0 radical (unpaired) electrons. The number of likely N-dealkylation sites (tertiary alicyclic amines) is 2. The van der Waals surface area contributed by atoms with Crippen LogP contribution in [0.4, 0.5) is 26.3 Å². The van der Waals surface area contributed by atoms with E-state index in [-0.39, 0.29) is 145 Å². The predicted octanol–water partition coefficient (Wildman–Crippen LogP) is 2.57. The van der Waals surface area contributed by atoms with Crippen LogP contribution in [0.2, 0.25) is 0 Å². The Balaban J connectivity index is -0.000000269. The second-order valence-electron chi connectivity index (χ2n) is 18.5. The van der Waals surface area contributed by atoms with E-state index in [4.69, 9.17) is 13.0 Å². The largest absolute Gasteiger partial charge is 2.00 e. The Labute approximate surface area is 499 Å². The first-order valence-corrected chi connectivity index (χ1v) is 24.9. The zero-order valence-corrected chi connectivity index (χ0v) is 50.4. The third-order valence-electron chi connectivity index (χ3n) is 11.9. The van der Waals surface area contributed by atoms with Crippen molar-refractivity contribution >= 4 is 63.3 Å². The molecule has 5 aliphatic rings. The molecule has 3 aromatic carbocycles. The fourth-order valence-electron chi connectivity index (χ4n) is 7.67. The number of hydrogen-bond donors (Lipinski definition) is 5. The topological polar surface area (TPSA) is 163 Å². The molecule has 8 rings (SSSR count). The van der Waals surface area contributed by atoms with Crippen molar-refractivity contribution in [2.24, 2.45) is 0 Å². The van der Waals surface area contributed by atoms with Gasteiger partial charge in [0.15, 0.2) is 0 Å². The third kappa shape index (κ3) is 32.6. The van der Waals surface area contributed by atoms with E-state index in [2.05, 4.69) is 58.8 Å². The minimum absolute atomic E-state index is 0. The van der Waals surface area contributed by atoms with Gasteiger partial charge in [-0.05, 0) is 126 Å². The molecule has 75 heavy (non-hydrogen) atoms. The van der Waals surface area contributed by atoms with Gasteiger partial charge in [-0.25, -0.2) is 13.2 Å².